The third-order valence-corrected chi connectivity index (χ3v) is 2.76. The van der Waals surface area contributed by atoms with Crippen LogP contribution in [0, 0.1) is 5.92 Å². The van der Waals surface area contributed by atoms with Gasteiger partial charge in [0.1, 0.15) is 6.33 Å². The monoisotopic (exact) mass is 282 g/mol. The molecule has 112 valence electrons. The maximum absolute atomic E-state index is 11.5. The quantitative estimate of drug-likeness (QED) is 0.567. The van der Waals surface area contributed by atoms with Crippen LogP contribution in [0.3, 0.4) is 0 Å². The average molecular weight is 282 g/mol. The fourth-order valence-corrected chi connectivity index (χ4v) is 1.46. The maximum atomic E-state index is 11.5. The average Bonchev–Trinajstić information content (AvgIpc) is 2.80. The molecule has 0 fully saturated rings. The van der Waals surface area contributed by atoms with Gasteiger partial charge in [-0.25, -0.2) is 4.98 Å². The van der Waals surface area contributed by atoms with Gasteiger partial charge >= 0.3 is 0 Å². The Kier molecular flexibility index (Phi) is 6.10. The molecule has 1 heterocycles. The fourth-order valence-electron chi connectivity index (χ4n) is 1.46. The number of nitrogens with zero attached hydrogens (tertiary/aromatic N) is 3. The van der Waals surface area contributed by atoms with Crippen molar-refractivity contribution in [1.82, 2.24) is 25.4 Å². The largest absolute Gasteiger partial charge is 0.354 e. The minimum Gasteiger partial charge on any atom is -0.354 e. The second kappa shape index (κ2) is 7.59. The molecule has 8 nitrogen and oxygen atoms in total. The first-order valence-corrected chi connectivity index (χ1v) is 6.54. The molecule has 0 aliphatic heterocycles. The van der Waals surface area contributed by atoms with Crippen LogP contribution in [0.5, 0.6) is 0 Å². The SMILES string of the molecule is CC(C)[C@H](N)C(=O)NCC(=O)NCCc1ncn(C)n1. The van der Waals surface area contributed by atoms with Gasteiger partial charge in [0, 0.05) is 20.0 Å². The molecule has 0 aliphatic rings. The Morgan fingerprint density at radius 3 is 2.65 bits per heavy atom. The number of aromatic nitrogens is 3. The number of amides is 2. The van der Waals surface area contributed by atoms with E-state index >= 15 is 0 Å². The van der Waals surface area contributed by atoms with Crippen molar-refractivity contribution in [3.63, 3.8) is 0 Å². The Labute approximate surface area is 118 Å². The summed E-state index contributed by atoms with van der Waals surface area (Å²) in [6.07, 6.45) is 2.15. The predicted octanol–water partition coefficient (Wildman–Crippen LogP) is -1.43. The van der Waals surface area contributed by atoms with E-state index in [2.05, 4.69) is 20.7 Å². The summed E-state index contributed by atoms with van der Waals surface area (Å²) in [5.74, 6) is 0.124. The summed E-state index contributed by atoms with van der Waals surface area (Å²) in [5, 5.41) is 9.28. The van der Waals surface area contributed by atoms with Crippen LogP contribution in [0.15, 0.2) is 6.33 Å². The molecule has 0 bridgehead atoms. The zero-order valence-electron chi connectivity index (χ0n) is 12.1. The summed E-state index contributed by atoms with van der Waals surface area (Å²) < 4.78 is 1.60. The second-order valence-corrected chi connectivity index (χ2v) is 4.92. The summed E-state index contributed by atoms with van der Waals surface area (Å²) in [7, 11) is 1.78. The van der Waals surface area contributed by atoms with Crippen LogP contribution in [0.4, 0.5) is 0 Å². The van der Waals surface area contributed by atoms with Crippen molar-refractivity contribution in [1.29, 1.82) is 0 Å². The van der Waals surface area contributed by atoms with E-state index in [0.29, 0.717) is 18.8 Å². The molecule has 0 aromatic carbocycles. The predicted molar refractivity (Wildman–Crippen MR) is 73.5 cm³/mol. The first-order valence-electron chi connectivity index (χ1n) is 6.54. The Bertz CT molecular complexity index is 457. The van der Waals surface area contributed by atoms with E-state index in [1.807, 2.05) is 13.8 Å². The third-order valence-electron chi connectivity index (χ3n) is 2.76. The molecular formula is C12H22N6O2. The third kappa shape index (κ3) is 5.35. The molecule has 1 aromatic heterocycles. The number of hydrogen-bond acceptors (Lipinski definition) is 5. The van der Waals surface area contributed by atoms with Gasteiger partial charge in [-0.3, -0.25) is 14.3 Å². The van der Waals surface area contributed by atoms with Gasteiger partial charge in [-0.1, -0.05) is 13.8 Å². The van der Waals surface area contributed by atoms with E-state index in [4.69, 9.17) is 5.73 Å². The van der Waals surface area contributed by atoms with Crippen molar-refractivity contribution >= 4 is 11.8 Å². The molecule has 0 unspecified atom stereocenters. The molecule has 8 heteroatoms. The fraction of sp³-hybridized carbons (Fsp3) is 0.667. The molecule has 0 aliphatic carbocycles. The van der Waals surface area contributed by atoms with E-state index in [0.717, 1.165) is 0 Å². The van der Waals surface area contributed by atoms with E-state index in [1.165, 1.54) is 0 Å². The number of carbonyl (C=O) groups excluding carboxylic acids is 2. The summed E-state index contributed by atoms with van der Waals surface area (Å²) in [6, 6.07) is -0.597. The highest BCUT2D eigenvalue weighted by atomic mass is 16.2. The highest BCUT2D eigenvalue weighted by Crippen LogP contribution is 1.97. The molecule has 0 spiro atoms. The lowest BCUT2D eigenvalue weighted by Gasteiger charge is -2.15. The van der Waals surface area contributed by atoms with Gasteiger partial charge in [0.2, 0.25) is 11.8 Å². The standard InChI is InChI=1S/C12H22N6O2/c1-8(2)11(13)12(20)15-6-10(19)14-5-4-9-16-7-18(3)17-9/h7-8,11H,4-6,13H2,1-3H3,(H,14,19)(H,15,20)/t11-/m0/s1. The lowest BCUT2D eigenvalue weighted by atomic mass is 10.1. The molecular weight excluding hydrogens is 260 g/mol. The molecule has 2 amide bonds. The zero-order valence-corrected chi connectivity index (χ0v) is 12.1. The van der Waals surface area contributed by atoms with Gasteiger partial charge < -0.3 is 16.4 Å². The van der Waals surface area contributed by atoms with Crippen LogP contribution in [0.2, 0.25) is 0 Å². The minimum atomic E-state index is -0.597. The Hall–Kier alpha value is -1.96. The van der Waals surface area contributed by atoms with Crippen molar-refractivity contribution in [2.45, 2.75) is 26.3 Å². The molecule has 0 saturated carbocycles. The van der Waals surface area contributed by atoms with Crippen molar-refractivity contribution in [2.24, 2.45) is 18.7 Å². The number of carbonyl (C=O) groups is 2. The number of nitrogens with two attached hydrogens (primary N) is 1. The number of aryl methyl sites for hydroxylation is 1. The highest BCUT2D eigenvalue weighted by molar-refractivity contribution is 5.87. The first-order chi connectivity index (χ1) is 9.40. The van der Waals surface area contributed by atoms with E-state index < -0.39 is 6.04 Å². The van der Waals surface area contributed by atoms with Crippen molar-refractivity contribution in [2.75, 3.05) is 13.1 Å². The number of rotatable bonds is 7. The number of nitrogens with one attached hydrogen (secondary N) is 2. The maximum Gasteiger partial charge on any atom is 0.239 e. The van der Waals surface area contributed by atoms with Crippen LogP contribution in [-0.4, -0.2) is 45.7 Å². The molecule has 0 radical (unpaired) electrons. The molecule has 0 saturated heterocycles. The topological polar surface area (TPSA) is 115 Å². The minimum absolute atomic E-state index is 0.0355. The lowest BCUT2D eigenvalue weighted by molar-refractivity contribution is -0.127. The smallest absolute Gasteiger partial charge is 0.239 e. The van der Waals surface area contributed by atoms with E-state index in [9.17, 15) is 9.59 Å². The van der Waals surface area contributed by atoms with Crippen molar-refractivity contribution in [3.8, 4) is 0 Å². The van der Waals surface area contributed by atoms with Gasteiger partial charge in [0.25, 0.3) is 0 Å². The van der Waals surface area contributed by atoms with Crippen LogP contribution >= 0.6 is 0 Å². The molecule has 1 aromatic rings. The van der Waals surface area contributed by atoms with Crippen LogP contribution < -0.4 is 16.4 Å². The molecule has 1 atom stereocenters. The Morgan fingerprint density at radius 2 is 2.10 bits per heavy atom. The van der Waals surface area contributed by atoms with Gasteiger partial charge in [0.05, 0.1) is 12.6 Å². The summed E-state index contributed by atoms with van der Waals surface area (Å²) in [4.78, 5) is 27.1. The van der Waals surface area contributed by atoms with Crippen LogP contribution in [0.25, 0.3) is 0 Å². The van der Waals surface area contributed by atoms with E-state index in [1.54, 1.807) is 18.1 Å². The molecule has 20 heavy (non-hydrogen) atoms. The van der Waals surface area contributed by atoms with Crippen LogP contribution in [0.1, 0.15) is 19.7 Å². The first kappa shape index (κ1) is 16.1. The molecule has 4 N–H and O–H groups in total. The second-order valence-electron chi connectivity index (χ2n) is 4.92. The van der Waals surface area contributed by atoms with Gasteiger partial charge in [-0.2, -0.15) is 5.10 Å². The van der Waals surface area contributed by atoms with Gasteiger partial charge in [-0.15, -0.1) is 0 Å². The number of hydrogen-bond donors (Lipinski definition) is 3. The summed E-state index contributed by atoms with van der Waals surface area (Å²) >= 11 is 0. The van der Waals surface area contributed by atoms with Crippen molar-refractivity contribution in [3.05, 3.63) is 12.2 Å². The summed E-state index contributed by atoms with van der Waals surface area (Å²) in [5.41, 5.74) is 5.66. The lowest BCUT2D eigenvalue weighted by Crippen LogP contribution is -2.47. The Morgan fingerprint density at radius 1 is 1.40 bits per heavy atom. The zero-order chi connectivity index (χ0) is 15.1. The van der Waals surface area contributed by atoms with Gasteiger partial charge in [-0.05, 0) is 5.92 Å². The van der Waals surface area contributed by atoms with Crippen LogP contribution in [-0.2, 0) is 23.1 Å². The molecule has 1 rings (SSSR count). The normalized spacial score (nSPS) is 12.2. The van der Waals surface area contributed by atoms with Crippen molar-refractivity contribution < 1.29 is 9.59 Å². The Balaban J connectivity index is 2.19. The van der Waals surface area contributed by atoms with E-state index in [-0.39, 0.29) is 24.3 Å². The van der Waals surface area contributed by atoms with Gasteiger partial charge in [0.15, 0.2) is 5.82 Å². The highest BCUT2D eigenvalue weighted by Gasteiger charge is 2.17. The summed E-state index contributed by atoms with van der Waals surface area (Å²) in [6.45, 7) is 4.05.